The van der Waals surface area contributed by atoms with Gasteiger partial charge in [0.2, 0.25) is 5.91 Å². The Bertz CT molecular complexity index is 1740. The summed E-state index contributed by atoms with van der Waals surface area (Å²) in [5.74, 6) is 1.96. The summed E-state index contributed by atoms with van der Waals surface area (Å²) >= 11 is 1.02. The van der Waals surface area contributed by atoms with Crippen LogP contribution in [0.5, 0.6) is 23.0 Å². The molecule has 5 aromatic rings. The van der Waals surface area contributed by atoms with Crippen LogP contribution in [0.1, 0.15) is 0 Å². The van der Waals surface area contributed by atoms with Crippen LogP contribution in [0.15, 0.2) is 107 Å². The van der Waals surface area contributed by atoms with E-state index in [1.54, 1.807) is 54.6 Å². The monoisotopic (exact) mass is 575 g/mol. The van der Waals surface area contributed by atoms with Crippen molar-refractivity contribution in [1.29, 1.82) is 0 Å². The van der Waals surface area contributed by atoms with Gasteiger partial charge in [0.25, 0.3) is 10.0 Å². The van der Waals surface area contributed by atoms with Gasteiger partial charge < -0.3 is 19.5 Å². The van der Waals surface area contributed by atoms with Gasteiger partial charge in [-0.25, -0.2) is 17.4 Å². The Morgan fingerprint density at radius 1 is 0.825 bits per heavy atom. The Kier molecular flexibility index (Phi) is 7.94. The molecule has 0 saturated heterocycles. The molecule has 0 aliphatic rings. The molecule has 1 N–H and O–H groups in total. The lowest BCUT2D eigenvalue weighted by Gasteiger charge is -2.11. The summed E-state index contributed by atoms with van der Waals surface area (Å²) in [5, 5.41) is 2.98. The van der Waals surface area contributed by atoms with Crippen LogP contribution in [0.3, 0.4) is 0 Å². The normalized spacial score (nSPS) is 11.2. The van der Waals surface area contributed by atoms with Gasteiger partial charge in [-0.1, -0.05) is 30.0 Å². The number of fused-ring (bicyclic) bond motifs is 1. The molecule has 0 unspecified atom stereocenters. The summed E-state index contributed by atoms with van der Waals surface area (Å²) in [6.45, 7) is 0. The van der Waals surface area contributed by atoms with Crippen molar-refractivity contribution in [3.8, 4) is 23.0 Å². The maximum absolute atomic E-state index is 13.7. The molecule has 0 fully saturated rings. The molecular formula is C29H25N3O6S2. The van der Waals surface area contributed by atoms with E-state index in [1.807, 2.05) is 30.3 Å². The number of imidazole rings is 1. The number of nitrogens with one attached hydrogen (secondary N) is 1. The van der Waals surface area contributed by atoms with E-state index in [0.717, 1.165) is 15.7 Å². The second-order valence-electron chi connectivity index (χ2n) is 8.47. The van der Waals surface area contributed by atoms with Crippen LogP contribution in [0.2, 0.25) is 0 Å². The zero-order valence-electron chi connectivity index (χ0n) is 21.6. The Hall–Kier alpha value is -4.48. The highest BCUT2D eigenvalue weighted by molar-refractivity contribution is 8.00. The molecule has 204 valence electrons. The molecule has 9 nitrogen and oxygen atoms in total. The second-order valence-corrected chi connectivity index (χ2v) is 11.2. The topological polar surface area (TPSA) is 109 Å². The fourth-order valence-corrected chi connectivity index (χ4v) is 6.38. The molecule has 0 bridgehead atoms. The zero-order valence-corrected chi connectivity index (χ0v) is 23.2. The zero-order chi connectivity index (χ0) is 28.1. The SMILES string of the molecule is COc1ccc(S(=O)(=O)n2c(SCC(=O)Nc3ccc(Oc4ccccc4)cc3)nc3ccc(OC)cc32)cc1. The number of carbonyl (C=O) groups is 1. The number of hydrogen-bond acceptors (Lipinski definition) is 8. The molecule has 11 heteroatoms. The van der Waals surface area contributed by atoms with Crippen molar-refractivity contribution >= 4 is 44.4 Å². The molecule has 0 radical (unpaired) electrons. The number of methoxy groups -OCH3 is 2. The number of para-hydroxylation sites is 1. The lowest BCUT2D eigenvalue weighted by atomic mass is 10.3. The quantitative estimate of drug-likeness (QED) is 0.208. The molecule has 1 amide bonds. The Morgan fingerprint density at radius 2 is 1.45 bits per heavy atom. The summed E-state index contributed by atoms with van der Waals surface area (Å²) in [5.41, 5.74) is 1.37. The third-order valence-corrected chi connectivity index (χ3v) is 8.61. The van der Waals surface area contributed by atoms with Crippen LogP contribution in [0.25, 0.3) is 11.0 Å². The number of carbonyl (C=O) groups excluding carboxylic acids is 1. The number of thioether (sulfide) groups is 1. The average Bonchev–Trinajstić information content (AvgIpc) is 3.36. The number of hydrogen-bond donors (Lipinski definition) is 1. The van der Waals surface area contributed by atoms with Gasteiger partial charge in [0.05, 0.1) is 35.9 Å². The smallest absolute Gasteiger partial charge is 0.270 e. The molecule has 1 heterocycles. The highest BCUT2D eigenvalue weighted by Crippen LogP contribution is 2.32. The molecule has 4 aromatic carbocycles. The minimum Gasteiger partial charge on any atom is -0.497 e. The predicted molar refractivity (Wildman–Crippen MR) is 154 cm³/mol. The number of rotatable bonds is 10. The first-order valence-corrected chi connectivity index (χ1v) is 14.5. The number of aromatic nitrogens is 2. The third-order valence-electron chi connectivity index (χ3n) is 5.84. The highest BCUT2D eigenvalue weighted by atomic mass is 32.2. The molecule has 1 aromatic heterocycles. The van der Waals surface area contributed by atoms with E-state index in [0.29, 0.717) is 39.7 Å². The van der Waals surface area contributed by atoms with E-state index in [9.17, 15) is 13.2 Å². The summed E-state index contributed by atoms with van der Waals surface area (Å²) in [6.07, 6.45) is 0. The van der Waals surface area contributed by atoms with Gasteiger partial charge in [0, 0.05) is 11.8 Å². The summed E-state index contributed by atoms with van der Waals surface area (Å²) < 4.78 is 44.9. The molecule has 0 spiro atoms. The molecule has 0 saturated carbocycles. The fourth-order valence-electron chi connectivity index (χ4n) is 3.87. The van der Waals surface area contributed by atoms with Crippen molar-refractivity contribution in [2.24, 2.45) is 0 Å². The van der Waals surface area contributed by atoms with Crippen molar-refractivity contribution in [1.82, 2.24) is 8.96 Å². The van der Waals surface area contributed by atoms with E-state index >= 15 is 0 Å². The second kappa shape index (κ2) is 11.7. The van der Waals surface area contributed by atoms with E-state index < -0.39 is 10.0 Å². The van der Waals surface area contributed by atoms with Crippen molar-refractivity contribution in [2.45, 2.75) is 10.1 Å². The molecule has 0 aliphatic carbocycles. The first-order valence-electron chi connectivity index (χ1n) is 12.1. The Labute approximate surface area is 235 Å². The maximum atomic E-state index is 13.7. The molecule has 5 rings (SSSR count). The standard InChI is InChI=1S/C29H25N3O6S2/c1-36-21-12-15-25(16-13-21)40(34,35)32-27-18-24(37-2)14-17-26(27)31-29(32)39-19-28(33)30-20-8-10-23(11-9-20)38-22-6-4-3-5-7-22/h3-18H,19H2,1-2H3,(H,30,33). The van der Waals surface area contributed by atoms with Gasteiger partial charge in [-0.3, -0.25) is 4.79 Å². The van der Waals surface area contributed by atoms with Crippen LogP contribution in [0.4, 0.5) is 5.69 Å². The number of amides is 1. The van der Waals surface area contributed by atoms with Crippen molar-refractivity contribution in [3.05, 3.63) is 97.1 Å². The van der Waals surface area contributed by atoms with E-state index in [-0.39, 0.29) is 21.7 Å². The molecule has 0 atom stereocenters. The molecule has 0 aliphatic heterocycles. The minimum absolute atomic E-state index is 0.0551. The van der Waals surface area contributed by atoms with Gasteiger partial charge in [0.15, 0.2) is 5.16 Å². The third kappa shape index (κ3) is 5.90. The maximum Gasteiger partial charge on any atom is 0.270 e. The Morgan fingerprint density at radius 3 is 2.12 bits per heavy atom. The first-order chi connectivity index (χ1) is 19.4. The van der Waals surface area contributed by atoms with E-state index in [1.165, 1.54) is 26.4 Å². The van der Waals surface area contributed by atoms with E-state index in [4.69, 9.17) is 14.2 Å². The number of nitrogens with zero attached hydrogens (tertiary/aromatic N) is 2. The molecular weight excluding hydrogens is 550 g/mol. The number of anilines is 1. The van der Waals surface area contributed by atoms with Gasteiger partial charge in [-0.2, -0.15) is 0 Å². The van der Waals surface area contributed by atoms with Gasteiger partial charge in [-0.15, -0.1) is 0 Å². The van der Waals surface area contributed by atoms with Gasteiger partial charge >= 0.3 is 0 Å². The average molecular weight is 576 g/mol. The fraction of sp³-hybridized carbons (Fsp3) is 0.103. The minimum atomic E-state index is -4.06. The van der Waals surface area contributed by atoms with Crippen LogP contribution in [0, 0.1) is 0 Å². The van der Waals surface area contributed by atoms with E-state index in [2.05, 4.69) is 10.3 Å². The van der Waals surface area contributed by atoms with Crippen molar-refractivity contribution in [3.63, 3.8) is 0 Å². The first kappa shape index (κ1) is 27.1. The van der Waals surface area contributed by atoms with Crippen molar-refractivity contribution in [2.75, 3.05) is 25.3 Å². The summed E-state index contributed by atoms with van der Waals surface area (Å²) in [4.78, 5) is 17.4. The summed E-state index contributed by atoms with van der Waals surface area (Å²) in [6, 6.07) is 27.4. The van der Waals surface area contributed by atoms with Crippen LogP contribution in [-0.2, 0) is 14.8 Å². The predicted octanol–water partition coefficient (Wildman–Crippen LogP) is 5.81. The van der Waals surface area contributed by atoms with Gasteiger partial charge in [-0.05, 0) is 72.8 Å². The Balaban J connectivity index is 1.35. The summed E-state index contributed by atoms with van der Waals surface area (Å²) in [7, 11) is -1.06. The van der Waals surface area contributed by atoms with Crippen LogP contribution >= 0.6 is 11.8 Å². The lowest BCUT2D eigenvalue weighted by molar-refractivity contribution is -0.113. The lowest BCUT2D eigenvalue weighted by Crippen LogP contribution is -2.17. The van der Waals surface area contributed by atoms with Crippen LogP contribution < -0.4 is 19.5 Å². The highest BCUT2D eigenvalue weighted by Gasteiger charge is 2.26. The van der Waals surface area contributed by atoms with Crippen LogP contribution in [-0.4, -0.2) is 43.3 Å². The largest absolute Gasteiger partial charge is 0.497 e. The van der Waals surface area contributed by atoms with Crippen molar-refractivity contribution < 1.29 is 27.4 Å². The number of ether oxygens (including phenoxy) is 3. The number of benzene rings is 4. The molecule has 40 heavy (non-hydrogen) atoms. The van der Waals surface area contributed by atoms with Gasteiger partial charge in [0.1, 0.15) is 23.0 Å².